The predicted molar refractivity (Wildman–Crippen MR) is 94.5 cm³/mol. The maximum absolute atomic E-state index is 12.5. The standard InChI is InChI=1S/C18H11ClF6N2O2/c19-13-4-2-1-3-12(13)15(28)27-16(29)26-11-7-5-10(6-8-11)9-14(17(20,21)22)18(23,24)25/h1-9H,(H2,26,27,28,29). The molecule has 2 rings (SSSR count). The van der Waals surface area contributed by atoms with Gasteiger partial charge in [0, 0.05) is 5.69 Å². The zero-order valence-corrected chi connectivity index (χ0v) is 14.9. The summed E-state index contributed by atoms with van der Waals surface area (Å²) in [6.45, 7) is 0. The van der Waals surface area contributed by atoms with Gasteiger partial charge in [-0.1, -0.05) is 35.9 Å². The second-order valence-corrected chi connectivity index (χ2v) is 5.97. The molecular formula is C18H11ClF6N2O2. The Morgan fingerprint density at radius 2 is 1.41 bits per heavy atom. The fraction of sp³-hybridized carbons (Fsp3) is 0.111. The number of carbonyl (C=O) groups is 2. The van der Waals surface area contributed by atoms with Crippen molar-refractivity contribution in [2.24, 2.45) is 0 Å². The van der Waals surface area contributed by atoms with E-state index in [0.29, 0.717) is 0 Å². The van der Waals surface area contributed by atoms with Crippen LogP contribution in [0.5, 0.6) is 0 Å². The van der Waals surface area contributed by atoms with Crippen LogP contribution in [-0.2, 0) is 0 Å². The first-order valence-electron chi connectivity index (χ1n) is 7.71. The molecule has 2 aromatic carbocycles. The lowest BCUT2D eigenvalue weighted by Crippen LogP contribution is -2.34. The second kappa shape index (κ2) is 8.56. The summed E-state index contributed by atoms with van der Waals surface area (Å²) in [5.74, 6) is -0.798. The van der Waals surface area contributed by atoms with E-state index >= 15 is 0 Å². The topological polar surface area (TPSA) is 58.2 Å². The first-order chi connectivity index (χ1) is 13.4. The molecule has 0 aliphatic rings. The van der Waals surface area contributed by atoms with Crippen molar-refractivity contribution in [3.8, 4) is 0 Å². The third-order valence-electron chi connectivity index (χ3n) is 3.44. The Hall–Kier alpha value is -3.01. The van der Waals surface area contributed by atoms with Gasteiger partial charge in [-0.25, -0.2) is 4.79 Å². The van der Waals surface area contributed by atoms with E-state index in [1.165, 1.54) is 18.2 Å². The van der Waals surface area contributed by atoms with E-state index in [4.69, 9.17) is 11.6 Å². The molecule has 0 fully saturated rings. The van der Waals surface area contributed by atoms with Crippen LogP contribution in [0.4, 0.5) is 36.8 Å². The summed E-state index contributed by atoms with van der Waals surface area (Å²) < 4.78 is 75.3. The van der Waals surface area contributed by atoms with Gasteiger partial charge in [0.1, 0.15) is 5.57 Å². The Labute approximate surface area is 165 Å². The number of benzene rings is 2. The van der Waals surface area contributed by atoms with Gasteiger partial charge in [-0.05, 0) is 35.9 Å². The molecule has 0 aromatic heterocycles. The summed E-state index contributed by atoms with van der Waals surface area (Å²) in [7, 11) is 0. The van der Waals surface area contributed by atoms with Gasteiger partial charge < -0.3 is 5.32 Å². The van der Waals surface area contributed by atoms with Crippen LogP contribution in [0, 0.1) is 0 Å². The lowest BCUT2D eigenvalue weighted by atomic mass is 10.1. The number of allylic oxidation sites excluding steroid dienone is 1. The van der Waals surface area contributed by atoms with Crippen molar-refractivity contribution in [2.45, 2.75) is 12.4 Å². The molecule has 4 nitrogen and oxygen atoms in total. The van der Waals surface area contributed by atoms with Crippen molar-refractivity contribution < 1.29 is 35.9 Å². The Morgan fingerprint density at radius 1 is 0.862 bits per heavy atom. The number of alkyl halides is 6. The van der Waals surface area contributed by atoms with Crippen molar-refractivity contribution in [2.75, 3.05) is 5.32 Å². The molecule has 0 unspecified atom stereocenters. The number of amides is 3. The van der Waals surface area contributed by atoms with Crippen LogP contribution in [0.3, 0.4) is 0 Å². The average molecular weight is 437 g/mol. The monoisotopic (exact) mass is 436 g/mol. The fourth-order valence-electron chi connectivity index (χ4n) is 2.13. The van der Waals surface area contributed by atoms with Gasteiger partial charge in [-0.15, -0.1) is 0 Å². The number of carbonyl (C=O) groups excluding carboxylic acids is 2. The highest BCUT2D eigenvalue weighted by Crippen LogP contribution is 2.39. The van der Waals surface area contributed by atoms with E-state index in [2.05, 4.69) is 5.32 Å². The number of urea groups is 1. The molecule has 0 bridgehead atoms. The van der Waals surface area contributed by atoms with Gasteiger partial charge >= 0.3 is 18.4 Å². The van der Waals surface area contributed by atoms with Crippen LogP contribution in [0.2, 0.25) is 5.02 Å². The third-order valence-corrected chi connectivity index (χ3v) is 3.77. The van der Waals surface area contributed by atoms with Crippen molar-refractivity contribution in [3.63, 3.8) is 0 Å². The van der Waals surface area contributed by atoms with Crippen LogP contribution >= 0.6 is 11.6 Å². The highest BCUT2D eigenvalue weighted by Gasteiger charge is 2.50. The van der Waals surface area contributed by atoms with E-state index in [0.717, 1.165) is 24.3 Å². The maximum atomic E-state index is 12.5. The van der Waals surface area contributed by atoms with Crippen LogP contribution in [-0.4, -0.2) is 24.3 Å². The van der Waals surface area contributed by atoms with E-state index in [9.17, 15) is 35.9 Å². The summed E-state index contributed by atoms with van der Waals surface area (Å²) in [5, 5.41) is 4.32. The molecule has 0 saturated heterocycles. The number of rotatable bonds is 3. The second-order valence-electron chi connectivity index (χ2n) is 5.56. The largest absolute Gasteiger partial charge is 0.421 e. The Bertz CT molecular complexity index is 921. The van der Waals surface area contributed by atoms with E-state index in [1.807, 2.05) is 5.32 Å². The zero-order valence-electron chi connectivity index (χ0n) is 14.2. The molecule has 11 heteroatoms. The molecule has 0 saturated carbocycles. The van der Waals surface area contributed by atoms with Crippen LogP contribution in [0.1, 0.15) is 15.9 Å². The fourth-order valence-corrected chi connectivity index (χ4v) is 2.35. The zero-order chi connectivity index (χ0) is 21.8. The van der Waals surface area contributed by atoms with Gasteiger partial charge in [-0.2, -0.15) is 26.3 Å². The first kappa shape index (κ1) is 22.3. The van der Waals surface area contributed by atoms with Gasteiger partial charge in [0.25, 0.3) is 5.91 Å². The van der Waals surface area contributed by atoms with E-state index in [1.54, 1.807) is 6.07 Å². The molecular weight excluding hydrogens is 426 g/mol. The van der Waals surface area contributed by atoms with Crippen molar-refractivity contribution in [1.29, 1.82) is 0 Å². The molecule has 3 amide bonds. The van der Waals surface area contributed by atoms with Crippen molar-refractivity contribution in [3.05, 3.63) is 70.3 Å². The maximum Gasteiger partial charge on any atom is 0.421 e. The van der Waals surface area contributed by atoms with Gasteiger partial charge in [0.05, 0.1) is 10.6 Å². The molecule has 2 N–H and O–H groups in total. The number of hydrogen-bond acceptors (Lipinski definition) is 2. The summed E-state index contributed by atoms with van der Waals surface area (Å²) in [6.07, 6.45) is -11.2. The van der Waals surface area contributed by atoms with Crippen molar-refractivity contribution in [1.82, 2.24) is 5.32 Å². The van der Waals surface area contributed by atoms with Crippen LogP contribution in [0.25, 0.3) is 6.08 Å². The summed E-state index contributed by atoms with van der Waals surface area (Å²) >= 11 is 5.83. The molecule has 0 radical (unpaired) electrons. The van der Waals surface area contributed by atoms with Crippen molar-refractivity contribution >= 4 is 35.3 Å². The normalized spacial score (nSPS) is 11.6. The molecule has 154 valence electrons. The predicted octanol–water partition coefficient (Wildman–Crippen LogP) is 5.81. The Morgan fingerprint density at radius 3 is 1.93 bits per heavy atom. The Kier molecular flexibility index (Phi) is 6.58. The number of nitrogens with one attached hydrogen (secondary N) is 2. The van der Waals surface area contributed by atoms with Crippen LogP contribution in [0.15, 0.2) is 54.1 Å². The molecule has 0 spiro atoms. The molecule has 2 aromatic rings. The molecule has 29 heavy (non-hydrogen) atoms. The number of imide groups is 1. The number of halogens is 7. The number of anilines is 1. The van der Waals surface area contributed by atoms with Gasteiger partial charge in [-0.3, -0.25) is 10.1 Å². The average Bonchev–Trinajstić information content (AvgIpc) is 2.59. The minimum Gasteiger partial charge on any atom is -0.308 e. The quantitative estimate of drug-likeness (QED) is 0.596. The molecule has 0 aliphatic carbocycles. The van der Waals surface area contributed by atoms with Crippen LogP contribution < -0.4 is 10.6 Å². The molecule has 0 aliphatic heterocycles. The highest BCUT2D eigenvalue weighted by molar-refractivity contribution is 6.34. The van der Waals surface area contributed by atoms with E-state index in [-0.39, 0.29) is 27.9 Å². The lowest BCUT2D eigenvalue weighted by molar-refractivity contribution is -0.170. The summed E-state index contributed by atoms with van der Waals surface area (Å²) in [5.41, 5.74) is -2.97. The lowest BCUT2D eigenvalue weighted by Gasteiger charge is -2.15. The van der Waals surface area contributed by atoms with E-state index < -0.39 is 29.9 Å². The highest BCUT2D eigenvalue weighted by atomic mass is 35.5. The number of hydrogen-bond donors (Lipinski definition) is 2. The van der Waals surface area contributed by atoms with Gasteiger partial charge in [0.15, 0.2) is 0 Å². The SMILES string of the molecule is O=C(NC(=O)c1ccccc1Cl)Nc1ccc(C=C(C(F)(F)F)C(F)(F)F)cc1. The summed E-state index contributed by atoms with van der Waals surface area (Å²) in [4.78, 5) is 23.8. The van der Waals surface area contributed by atoms with Gasteiger partial charge in [0.2, 0.25) is 0 Å². The summed E-state index contributed by atoms with van der Waals surface area (Å²) in [6, 6.07) is 9.02. The minimum absolute atomic E-state index is 0.0344. The molecule has 0 heterocycles. The minimum atomic E-state index is -5.58. The Balaban J connectivity index is 2.09. The third kappa shape index (κ3) is 6.24. The first-order valence-corrected chi connectivity index (χ1v) is 8.09. The molecule has 0 atom stereocenters. The smallest absolute Gasteiger partial charge is 0.308 e.